The SMILES string of the molecule is O=C(C[C@H]1c2ccccc2CCN1S(=O)(=O)c1ccc(F)cc1)OCC(=O)N1CCc2ccccc21. The van der Waals surface area contributed by atoms with E-state index in [9.17, 15) is 22.4 Å². The fourth-order valence-corrected chi connectivity index (χ4v) is 6.51. The van der Waals surface area contributed by atoms with E-state index >= 15 is 0 Å². The number of rotatable bonds is 6. The lowest BCUT2D eigenvalue weighted by Gasteiger charge is -2.36. The molecule has 0 saturated heterocycles. The van der Waals surface area contributed by atoms with Gasteiger partial charge in [-0.15, -0.1) is 0 Å². The van der Waals surface area contributed by atoms with Crippen LogP contribution in [0.3, 0.4) is 0 Å². The molecule has 0 spiro atoms. The van der Waals surface area contributed by atoms with Crippen LogP contribution in [0, 0.1) is 5.82 Å². The van der Waals surface area contributed by atoms with Gasteiger partial charge >= 0.3 is 5.97 Å². The maximum Gasteiger partial charge on any atom is 0.308 e. The molecule has 2 aliphatic heterocycles. The highest BCUT2D eigenvalue weighted by atomic mass is 32.2. The molecule has 0 N–H and O–H groups in total. The lowest BCUT2D eigenvalue weighted by molar-refractivity contribution is -0.148. The summed E-state index contributed by atoms with van der Waals surface area (Å²) in [7, 11) is -4.01. The van der Waals surface area contributed by atoms with Crippen molar-refractivity contribution in [3.05, 3.63) is 95.3 Å². The van der Waals surface area contributed by atoms with Gasteiger partial charge in [0.2, 0.25) is 10.0 Å². The molecule has 7 nitrogen and oxygen atoms in total. The Morgan fingerprint density at radius 1 is 0.889 bits per heavy atom. The summed E-state index contributed by atoms with van der Waals surface area (Å²) in [5.74, 6) is -1.53. The van der Waals surface area contributed by atoms with Crippen molar-refractivity contribution in [2.75, 3.05) is 24.6 Å². The topological polar surface area (TPSA) is 84.0 Å². The summed E-state index contributed by atoms with van der Waals surface area (Å²) < 4.78 is 46.9. The summed E-state index contributed by atoms with van der Waals surface area (Å²) >= 11 is 0. The zero-order chi connectivity index (χ0) is 25.3. The number of fused-ring (bicyclic) bond motifs is 2. The van der Waals surface area contributed by atoms with Gasteiger partial charge in [0.25, 0.3) is 5.91 Å². The first-order valence-electron chi connectivity index (χ1n) is 11.7. The molecule has 186 valence electrons. The molecule has 0 bridgehead atoms. The second-order valence-corrected chi connectivity index (χ2v) is 10.7. The van der Waals surface area contributed by atoms with Gasteiger partial charge in [-0.2, -0.15) is 4.31 Å². The molecule has 1 atom stereocenters. The number of carbonyl (C=O) groups excluding carboxylic acids is 2. The number of halogens is 1. The highest BCUT2D eigenvalue weighted by Crippen LogP contribution is 2.36. The van der Waals surface area contributed by atoms with Gasteiger partial charge in [-0.1, -0.05) is 42.5 Å². The van der Waals surface area contributed by atoms with Gasteiger partial charge in [0, 0.05) is 18.8 Å². The van der Waals surface area contributed by atoms with Gasteiger partial charge in [0.1, 0.15) is 5.82 Å². The summed E-state index contributed by atoms with van der Waals surface area (Å²) in [6, 6.07) is 18.8. The van der Waals surface area contributed by atoms with Crippen LogP contribution >= 0.6 is 0 Å². The Bertz CT molecular complexity index is 1410. The molecular formula is C27H25FN2O5S. The van der Waals surface area contributed by atoms with Crippen molar-refractivity contribution in [1.29, 1.82) is 0 Å². The van der Waals surface area contributed by atoms with Crippen LogP contribution in [0.5, 0.6) is 0 Å². The lowest BCUT2D eigenvalue weighted by atomic mass is 9.92. The Morgan fingerprint density at radius 3 is 2.33 bits per heavy atom. The van der Waals surface area contributed by atoms with E-state index in [2.05, 4.69) is 0 Å². The summed E-state index contributed by atoms with van der Waals surface area (Å²) in [4.78, 5) is 27.2. The Labute approximate surface area is 209 Å². The number of esters is 1. The molecule has 0 fully saturated rings. The predicted molar refractivity (Wildman–Crippen MR) is 131 cm³/mol. The van der Waals surface area contributed by atoms with Crippen molar-refractivity contribution in [3.8, 4) is 0 Å². The summed E-state index contributed by atoms with van der Waals surface area (Å²) in [6.45, 7) is 0.264. The molecule has 1 amide bonds. The molecule has 0 aromatic heterocycles. The molecule has 0 radical (unpaired) electrons. The number of carbonyl (C=O) groups is 2. The maximum atomic E-state index is 13.4. The number of amides is 1. The first-order chi connectivity index (χ1) is 17.3. The van der Waals surface area contributed by atoms with E-state index in [1.54, 1.807) is 17.0 Å². The first kappa shape index (κ1) is 24.1. The van der Waals surface area contributed by atoms with Crippen LogP contribution in [0.1, 0.15) is 29.2 Å². The molecule has 36 heavy (non-hydrogen) atoms. The minimum Gasteiger partial charge on any atom is -0.455 e. The number of ether oxygens (including phenoxy) is 1. The van der Waals surface area contributed by atoms with Crippen molar-refractivity contribution >= 4 is 27.6 Å². The molecular weight excluding hydrogens is 483 g/mol. The van der Waals surface area contributed by atoms with Crippen molar-refractivity contribution in [2.45, 2.75) is 30.2 Å². The monoisotopic (exact) mass is 508 g/mol. The average molecular weight is 509 g/mol. The van der Waals surface area contributed by atoms with Crippen LogP contribution < -0.4 is 4.90 Å². The van der Waals surface area contributed by atoms with E-state index in [1.165, 1.54) is 16.4 Å². The van der Waals surface area contributed by atoms with Crippen LogP contribution in [0.4, 0.5) is 10.1 Å². The number of anilines is 1. The molecule has 0 unspecified atom stereocenters. The normalized spacial score (nSPS) is 17.4. The summed E-state index contributed by atoms with van der Waals surface area (Å²) in [5.41, 5.74) is 3.55. The minimum absolute atomic E-state index is 0.0514. The van der Waals surface area contributed by atoms with Crippen LogP contribution in [-0.2, 0) is 37.2 Å². The second-order valence-electron chi connectivity index (χ2n) is 8.82. The van der Waals surface area contributed by atoms with Gasteiger partial charge in [-0.25, -0.2) is 12.8 Å². The standard InChI is InChI=1S/C27H25FN2O5S/c28-21-9-11-22(12-10-21)36(33,34)30-16-14-19-5-1-3-7-23(19)25(30)17-27(32)35-18-26(31)29-15-13-20-6-2-4-8-24(20)29/h1-12,25H,13-18H2/t25-/m0/s1. The highest BCUT2D eigenvalue weighted by molar-refractivity contribution is 7.89. The molecule has 2 heterocycles. The number of hydrogen-bond acceptors (Lipinski definition) is 5. The molecule has 2 aliphatic rings. The van der Waals surface area contributed by atoms with Crippen LogP contribution in [0.15, 0.2) is 77.7 Å². The Morgan fingerprint density at radius 2 is 1.56 bits per heavy atom. The molecule has 0 saturated carbocycles. The van der Waals surface area contributed by atoms with Crippen molar-refractivity contribution in [1.82, 2.24) is 4.31 Å². The molecule has 9 heteroatoms. The molecule has 3 aromatic carbocycles. The quantitative estimate of drug-likeness (QED) is 0.475. The van der Waals surface area contributed by atoms with Gasteiger partial charge in [-0.3, -0.25) is 9.59 Å². The number of benzene rings is 3. The van der Waals surface area contributed by atoms with Gasteiger partial charge in [-0.05, 0) is 59.9 Å². The van der Waals surface area contributed by atoms with Crippen LogP contribution in [-0.4, -0.2) is 44.3 Å². The van der Waals surface area contributed by atoms with E-state index in [-0.39, 0.29) is 23.8 Å². The summed E-state index contributed by atoms with van der Waals surface area (Å²) in [6.07, 6.45) is 0.973. The fourth-order valence-electron chi connectivity index (χ4n) is 4.90. The van der Waals surface area contributed by atoms with Crippen molar-refractivity contribution in [3.63, 3.8) is 0 Å². The van der Waals surface area contributed by atoms with E-state index in [1.807, 2.05) is 36.4 Å². The zero-order valence-electron chi connectivity index (χ0n) is 19.5. The van der Waals surface area contributed by atoms with E-state index in [4.69, 9.17) is 4.74 Å². The third-order valence-corrected chi connectivity index (χ3v) is 8.61. The third-order valence-electron chi connectivity index (χ3n) is 6.69. The number of hydrogen-bond donors (Lipinski definition) is 0. The lowest BCUT2D eigenvalue weighted by Crippen LogP contribution is -2.41. The van der Waals surface area contributed by atoms with Crippen molar-refractivity contribution in [2.24, 2.45) is 0 Å². The van der Waals surface area contributed by atoms with Gasteiger partial charge < -0.3 is 9.64 Å². The average Bonchev–Trinajstić information content (AvgIpc) is 3.32. The molecule has 5 rings (SSSR count). The Balaban J connectivity index is 1.33. The van der Waals surface area contributed by atoms with Gasteiger partial charge in [0.15, 0.2) is 6.61 Å². The fraction of sp³-hybridized carbons (Fsp3) is 0.259. The van der Waals surface area contributed by atoms with Crippen molar-refractivity contribution < 1.29 is 27.1 Å². The largest absolute Gasteiger partial charge is 0.455 e. The van der Waals surface area contributed by atoms with Crippen LogP contribution in [0.25, 0.3) is 0 Å². The van der Waals surface area contributed by atoms with E-state index in [0.717, 1.165) is 35.4 Å². The maximum absolute atomic E-state index is 13.4. The molecule has 0 aliphatic carbocycles. The second kappa shape index (κ2) is 9.83. The van der Waals surface area contributed by atoms with E-state index in [0.29, 0.717) is 18.5 Å². The zero-order valence-corrected chi connectivity index (χ0v) is 20.3. The van der Waals surface area contributed by atoms with E-state index < -0.39 is 34.5 Å². The van der Waals surface area contributed by atoms with Gasteiger partial charge in [0.05, 0.1) is 17.4 Å². The molecule has 3 aromatic rings. The number of sulfonamides is 1. The minimum atomic E-state index is -4.01. The Hall–Kier alpha value is -3.56. The third kappa shape index (κ3) is 4.64. The number of para-hydroxylation sites is 1. The number of nitrogens with zero attached hydrogens (tertiary/aromatic N) is 2. The summed E-state index contributed by atoms with van der Waals surface area (Å²) in [5, 5.41) is 0. The Kier molecular flexibility index (Phi) is 6.59. The highest BCUT2D eigenvalue weighted by Gasteiger charge is 2.38. The smallest absolute Gasteiger partial charge is 0.308 e. The first-order valence-corrected chi connectivity index (χ1v) is 13.2. The predicted octanol–water partition coefficient (Wildman–Crippen LogP) is 3.64. The van der Waals surface area contributed by atoms with Crippen LogP contribution in [0.2, 0.25) is 0 Å².